The fourth-order valence-electron chi connectivity index (χ4n) is 3.60. The van der Waals surface area contributed by atoms with Crippen molar-refractivity contribution in [3.63, 3.8) is 0 Å². The number of halogens is 6. The molecule has 3 aromatic rings. The third kappa shape index (κ3) is 4.37. The molecule has 0 aliphatic carbocycles. The van der Waals surface area contributed by atoms with Crippen LogP contribution in [0.25, 0.3) is 46.4 Å². The van der Waals surface area contributed by atoms with Gasteiger partial charge in [-0.3, -0.25) is 0 Å². The van der Waals surface area contributed by atoms with Crippen LogP contribution in [0.2, 0.25) is 0 Å². The standard InChI is InChI=1S/C22H11F6N4.Zn/c23-21(24,25)19-15-5-1-11(29-15)9-12-2-6-17(30-12)20(22(26,27)28)18-8-4-14(32-18)10-13-3-7-16(19)31-13;/h1-3,5-10,31-32H;/q-1;. The molecule has 8 bridgehead atoms. The average Bonchev–Trinajstić information content (AvgIpc) is 3.44. The second kappa shape index (κ2) is 7.99. The van der Waals surface area contributed by atoms with E-state index >= 15 is 0 Å². The second-order valence-corrected chi connectivity index (χ2v) is 7.11. The van der Waals surface area contributed by atoms with Crippen LogP contribution in [0.15, 0.2) is 30.3 Å². The molecule has 0 radical (unpaired) electrons. The fraction of sp³-hybridized carbons (Fsp3) is 0.0909. The molecule has 4 nitrogen and oxygen atoms in total. The molecule has 3 aromatic heterocycles. The molecular formula is C22H11F6N4Zn-. The minimum Gasteiger partial charge on any atom is -0.427 e. The summed E-state index contributed by atoms with van der Waals surface area (Å²) in [6.07, 6.45) is -4.30. The minimum atomic E-state index is -4.71. The molecule has 0 saturated carbocycles. The van der Waals surface area contributed by atoms with Crippen LogP contribution in [0.5, 0.6) is 0 Å². The van der Waals surface area contributed by atoms with Gasteiger partial charge < -0.3 is 9.97 Å². The summed E-state index contributed by atoms with van der Waals surface area (Å²) in [5.41, 5.74) is -2.37. The molecule has 0 unspecified atom stereocenters. The Morgan fingerprint density at radius 2 is 1.27 bits per heavy atom. The number of nitrogens with one attached hydrogen (secondary N) is 2. The summed E-state index contributed by atoms with van der Waals surface area (Å²) in [4.78, 5) is 13.3. The predicted octanol–water partition coefficient (Wildman–Crippen LogP) is 6.49. The monoisotopic (exact) mass is 509 g/mol. The molecular weight excluding hydrogens is 500 g/mol. The van der Waals surface area contributed by atoms with E-state index in [9.17, 15) is 26.3 Å². The third-order valence-electron chi connectivity index (χ3n) is 4.89. The van der Waals surface area contributed by atoms with Crippen LogP contribution in [0.1, 0.15) is 33.9 Å². The van der Waals surface area contributed by atoms with Gasteiger partial charge in [-0.2, -0.15) is 38.5 Å². The number of hydrogen-bond donors (Lipinski definition) is 2. The maximum Gasteiger partial charge on any atom is 0.420 e. The van der Waals surface area contributed by atoms with E-state index in [0.717, 1.165) is 6.07 Å². The van der Waals surface area contributed by atoms with Gasteiger partial charge in [-0.05, 0) is 53.5 Å². The van der Waals surface area contributed by atoms with E-state index in [1.807, 2.05) is 0 Å². The molecule has 0 amide bonds. The Kier molecular flexibility index (Phi) is 5.56. The smallest absolute Gasteiger partial charge is 0.420 e. The van der Waals surface area contributed by atoms with Crippen LogP contribution >= 0.6 is 0 Å². The molecule has 2 aliphatic rings. The topological polar surface area (TPSA) is 57.4 Å². The van der Waals surface area contributed by atoms with E-state index in [0.29, 0.717) is 0 Å². The molecule has 11 heteroatoms. The van der Waals surface area contributed by atoms with Gasteiger partial charge in [-0.25, -0.2) is 9.97 Å². The van der Waals surface area contributed by atoms with Crippen molar-refractivity contribution in [1.29, 1.82) is 0 Å². The number of alkyl halides is 6. The number of hydrogen-bond acceptors (Lipinski definition) is 2. The molecule has 0 aromatic carbocycles. The molecule has 164 valence electrons. The van der Waals surface area contributed by atoms with Crippen LogP contribution in [-0.2, 0) is 31.8 Å². The Morgan fingerprint density at radius 3 is 1.85 bits per heavy atom. The van der Waals surface area contributed by atoms with E-state index in [1.54, 1.807) is 0 Å². The minimum absolute atomic E-state index is 0. The van der Waals surface area contributed by atoms with E-state index in [-0.39, 0.29) is 64.3 Å². The first kappa shape index (κ1) is 23.0. The van der Waals surface area contributed by atoms with Crippen molar-refractivity contribution in [1.82, 2.24) is 19.9 Å². The Bertz CT molecular complexity index is 1350. The Labute approximate surface area is 194 Å². The van der Waals surface area contributed by atoms with Gasteiger partial charge in [0.1, 0.15) is 5.56 Å². The quantitative estimate of drug-likeness (QED) is 0.142. The van der Waals surface area contributed by atoms with Crippen molar-refractivity contribution in [3.8, 4) is 0 Å². The predicted molar refractivity (Wildman–Crippen MR) is 108 cm³/mol. The average molecular weight is 511 g/mol. The van der Waals surface area contributed by atoms with Gasteiger partial charge in [0, 0.05) is 25.0 Å². The molecule has 0 fully saturated rings. The normalized spacial score (nSPS) is 13.3. The molecule has 5 heterocycles. The van der Waals surface area contributed by atoms with Crippen molar-refractivity contribution < 1.29 is 45.8 Å². The van der Waals surface area contributed by atoms with Crippen molar-refractivity contribution >= 4 is 46.4 Å². The summed E-state index contributed by atoms with van der Waals surface area (Å²) in [6.45, 7) is 0. The van der Waals surface area contributed by atoms with Crippen LogP contribution in [-0.4, -0.2) is 19.9 Å². The zero-order valence-electron chi connectivity index (χ0n) is 16.6. The van der Waals surface area contributed by atoms with Gasteiger partial charge >= 0.3 is 12.4 Å². The first-order valence-electron chi connectivity index (χ1n) is 9.24. The SMILES string of the molecule is FC(F)(F)c1c2nc(cc3nc(c(C(F)(F)F)c4ccc(cc5[c-]cc1[nH]5)[nH]4)C=C3)C=C2.[Zn]. The largest absolute Gasteiger partial charge is 0.427 e. The number of H-pyrrole nitrogens is 2. The van der Waals surface area contributed by atoms with Gasteiger partial charge in [0.05, 0.1) is 28.3 Å². The van der Waals surface area contributed by atoms with E-state index < -0.39 is 23.5 Å². The maximum absolute atomic E-state index is 13.8. The van der Waals surface area contributed by atoms with Gasteiger partial charge in [0.25, 0.3) is 0 Å². The maximum atomic E-state index is 13.8. The van der Waals surface area contributed by atoms with Crippen LogP contribution in [0.3, 0.4) is 0 Å². The molecule has 0 atom stereocenters. The molecule has 2 N–H and O–H groups in total. The van der Waals surface area contributed by atoms with E-state index in [1.165, 1.54) is 48.6 Å². The summed E-state index contributed by atoms with van der Waals surface area (Å²) in [6, 6.07) is 9.11. The van der Waals surface area contributed by atoms with Gasteiger partial charge in [-0.15, -0.1) is 6.07 Å². The number of nitrogens with zero attached hydrogens (tertiary/aromatic N) is 2. The van der Waals surface area contributed by atoms with Crippen molar-refractivity contribution in [2.45, 2.75) is 12.4 Å². The number of rotatable bonds is 0. The van der Waals surface area contributed by atoms with Gasteiger partial charge in [-0.1, -0.05) is 5.52 Å². The third-order valence-corrected chi connectivity index (χ3v) is 4.89. The number of aromatic amines is 2. The summed E-state index contributed by atoms with van der Waals surface area (Å²) in [7, 11) is 0. The van der Waals surface area contributed by atoms with Crippen LogP contribution in [0.4, 0.5) is 26.3 Å². The fourth-order valence-corrected chi connectivity index (χ4v) is 3.60. The molecule has 0 saturated heterocycles. The summed E-state index contributed by atoms with van der Waals surface area (Å²) in [5.74, 6) is 0. The summed E-state index contributed by atoms with van der Waals surface area (Å²) < 4.78 is 82.9. The van der Waals surface area contributed by atoms with Crippen LogP contribution in [0, 0.1) is 6.07 Å². The zero-order valence-corrected chi connectivity index (χ0v) is 19.5. The molecule has 2 aliphatic heterocycles. The second-order valence-electron chi connectivity index (χ2n) is 7.11. The summed E-state index contributed by atoms with van der Waals surface area (Å²) in [5, 5.41) is 0. The first-order valence-corrected chi connectivity index (χ1v) is 9.24. The number of aromatic nitrogens is 4. The Hall–Kier alpha value is -3.20. The molecule has 0 spiro atoms. The van der Waals surface area contributed by atoms with Crippen molar-refractivity contribution in [2.24, 2.45) is 0 Å². The van der Waals surface area contributed by atoms with E-state index in [4.69, 9.17) is 0 Å². The zero-order chi connectivity index (χ0) is 22.7. The molecule has 5 rings (SSSR count). The van der Waals surface area contributed by atoms with Gasteiger partial charge in [0.2, 0.25) is 0 Å². The Balaban J connectivity index is 0.00000259. The van der Waals surface area contributed by atoms with Gasteiger partial charge in [0.15, 0.2) is 0 Å². The number of fused-ring (bicyclic) bond motifs is 8. The summed E-state index contributed by atoms with van der Waals surface area (Å²) >= 11 is 0. The Morgan fingerprint density at radius 1 is 0.697 bits per heavy atom. The van der Waals surface area contributed by atoms with Crippen molar-refractivity contribution in [3.05, 3.63) is 70.3 Å². The molecule has 33 heavy (non-hydrogen) atoms. The van der Waals surface area contributed by atoms with E-state index in [2.05, 4.69) is 26.0 Å². The van der Waals surface area contributed by atoms with Crippen LogP contribution < -0.4 is 0 Å². The first-order chi connectivity index (χ1) is 15.1. The van der Waals surface area contributed by atoms with Crippen molar-refractivity contribution in [2.75, 3.05) is 0 Å².